The van der Waals surface area contributed by atoms with E-state index >= 15 is 0 Å². The average molecular weight is 241 g/mol. The summed E-state index contributed by atoms with van der Waals surface area (Å²) in [7, 11) is 1.92. The van der Waals surface area contributed by atoms with Gasteiger partial charge in [0, 0.05) is 13.6 Å². The van der Waals surface area contributed by atoms with Crippen LogP contribution in [0.25, 0.3) is 0 Å². The molecule has 1 N–H and O–H groups in total. The van der Waals surface area contributed by atoms with Gasteiger partial charge in [-0.3, -0.25) is 0 Å². The Morgan fingerprint density at radius 2 is 2.22 bits per heavy atom. The summed E-state index contributed by atoms with van der Waals surface area (Å²) in [5.41, 5.74) is 3.01. The van der Waals surface area contributed by atoms with E-state index in [1.165, 1.54) is 5.56 Å². The van der Waals surface area contributed by atoms with Crippen molar-refractivity contribution in [3.8, 4) is 6.07 Å². The molecule has 0 saturated carbocycles. The topological polar surface area (TPSA) is 66.5 Å². The van der Waals surface area contributed by atoms with E-state index in [1.54, 1.807) is 6.33 Å². The van der Waals surface area contributed by atoms with Gasteiger partial charge in [-0.2, -0.15) is 5.26 Å². The summed E-state index contributed by atoms with van der Waals surface area (Å²) in [6, 6.07) is 7.86. The molecule has 92 valence electrons. The van der Waals surface area contributed by atoms with Crippen LogP contribution in [0.1, 0.15) is 22.5 Å². The molecule has 0 aliphatic heterocycles. The van der Waals surface area contributed by atoms with Gasteiger partial charge in [-0.05, 0) is 30.2 Å². The minimum atomic E-state index is 0.677. The van der Waals surface area contributed by atoms with E-state index in [4.69, 9.17) is 5.26 Å². The summed E-state index contributed by atoms with van der Waals surface area (Å²) < 4.78 is 1.89. The number of rotatable bonds is 4. The number of hydrogen-bond acceptors (Lipinski definition) is 4. The maximum absolute atomic E-state index is 8.80. The highest BCUT2D eigenvalue weighted by Gasteiger charge is 2.02. The zero-order valence-corrected chi connectivity index (χ0v) is 10.5. The smallest absolute Gasteiger partial charge is 0.146 e. The summed E-state index contributed by atoms with van der Waals surface area (Å²) in [5.74, 6) is 0.904. The first-order valence-electron chi connectivity index (χ1n) is 5.74. The number of nitrogens with one attached hydrogen (secondary N) is 1. The minimum Gasteiger partial charge on any atom is -0.320 e. The van der Waals surface area contributed by atoms with Crippen LogP contribution in [0.15, 0.2) is 24.5 Å². The van der Waals surface area contributed by atoms with Crippen molar-refractivity contribution >= 4 is 0 Å². The SMILES string of the molecule is Cc1cc(C#N)ccc1CNCc1nncn1C. The Labute approximate surface area is 106 Å². The first-order chi connectivity index (χ1) is 8.70. The van der Waals surface area contributed by atoms with Gasteiger partial charge in [0.15, 0.2) is 0 Å². The minimum absolute atomic E-state index is 0.677. The standard InChI is InChI=1S/C13H15N5/c1-10-5-11(6-14)3-4-12(10)7-15-8-13-17-16-9-18(13)2/h3-5,9,15H,7-8H2,1-2H3. The van der Waals surface area contributed by atoms with Gasteiger partial charge in [0.1, 0.15) is 12.2 Å². The fourth-order valence-corrected chi connectivity index (χ4v) is 1.74. The van der Waals surface area contributed by atoms with Crippen LogP contribution in [-0.4, -0.2) is 14.8 Å². The summed E-state index contributed by atoms with van der Waals surface area (Å²) in [4.78, 5) is 0. The second-order valence-electron chi connectivity index (χ2n) is 4.21. The third-order valence-corrected chi connectivity index (χ3v) is 2.88. The summed E-state index contributed by atoms with van der Waals surface area (Å²) in [5, 5.41) is 19.9. The second kappa shape index (κ2) is 5.43. The summed E-state index contributed by atoms with van der Waals surface area (Å²) in [6.45, 7) is 3.44. The average Bonchev–Trinajstić information content (AvgIpc) is 2.77. The van der Waals surface area contributed by atoms with Crippen molar-refractivity contribution < 1.29 is 0 Å². The molecule has 0 aliphatic rings. The van der Waals surface area contributed by atoms with Crippen LogP contribution in [-0.2, 0) is 20.1 Å². The van der Waals surface area contributed by atoms with Crippen LogP contribution in [0.2, 0.25) is 0 Å². The highest BCUT2D eigenvalue weighted by molar-refractivity contribution is 5.37. The summed E-state index contributed by atoms with van der Waals surface area (Å²) >= 11 is 0. The van der Waals surface area contributed by atoms with Crippen molar-refractivity contribution in [2.24, 2.45) is 7.05 Å². The number of nitrogens with zero attached hydrogens (tertiary/aromatic N) is 4. The molecule has 0 amide bonds. The zero-order valence-electron chi connectivity index (χ0n) is 10.5. The van der Waals surface area contributed by atoms with Gasteiger partial charge in [-0.1, -0.05) is 6.07 Å². The highest BCUT2D eigenvalue weighted by Crippen LogP contribution is 2.10. The molecule has 0 atom stereocenters. The Kier molecular flexibility index (Phi) is 3.70. The van der Waals surface area contributed by atoms with Crippen molar-refractivity contribution in [1.29, 1.82) is 5.26 Å². The predicted octanol–water partition coefficient (Wildman–Crippen LogP) is 1.28. The van der Waals surface area contributed by atoms with Gasteiger partial charge < -0.3 is 9.88 Å². The zero-order chi connectivity index (χ0) is 13.0. The molecular formula is C13H15N5. The van der Waals surface area contributed by atoms with E-state index in [0.29, 0.717) is 12.1 Å². The first kappa shape index (κ1) is 12.3. The van der Waals surface area contributed by atoms with Crippen LogP contribution >= 0.6 is 0 Å². The van der Waals surface area contributed by atoms with Gasteiger partial charge in [-0.25, -0.2) is 0 Å². The van der Waals surface area contributed by atoms with Crippen LogP contribution in [0.3, 0.4) is 0 Å². The lowest BCUT2D eigenvalue weighted by atomic mass is 10.1. The Bertz CT molecular complexity index is 579. The molecule has 5 heteroatoms. The predicted molar refractivity (Wildman–Crippen MR) is 67.4 cm³/mol. The largest absolute Gasteiger partial charge is 0.320 e. The molecule has 0 aliphatic carbocycles. The third kappa shape index (κ3) is 2.73. The molecule has 0 spiro atoms. The molecule has 2 aromatic rings. The van der Waals surface area contributed by atoms with Gasteiger partial charge >= 0.3 is 0 Å². The molecule has 1 heterocycles. The number of aromatic nitrogens is 3. The quantitative estimate of drug-likeness (QED) is 0.875. The second-order valence-corrected chi connectivity index (χ2v) is 4.21. The van der Waals surface area contributed by atoms with Crippen molar-refractivity contribution in [2.75, 3.05) is 0 Å². The van der Waals surface area contributed by atoms with Gasteiger partial charge in [-0.15, -0.1) is 10.2 Å². The van der Waals surface area contributed by atoms with E-state index in [2.05, 4.69) is 21.6 Å². The molecule has 1 aromatic heterocycles. The Morgan fingerprint density at radius 1 is 1.39 bits per heavy atom. The molecule has 5 nitrogen and oxygen atoms in total. The molecule has 0 radical (unpaired) electrons. The van der Waals surface area contributed by atoms with Crippen LogP contribution in [0, 0.1) is 18.3 Å². The van der Waals surface area contributed by atoms with Gasteiger partial charge in [0.25, 0.3) is 0 Å². The van der Waals surface area contributed by atoms with E-state index in [0.717, 1.165) is 17.9 Å². The maximum atomic E-state index is 8.80. The maximum Gasteiger partial charge on any atom is 0.146 e. The number of hydrogen-bond donors (Lipinski definition) is 1. The summed E-state index contributed by atoms with van der Waals surface area (Å²) in [6.07, 6.45) is 1.68. The molecule has 2 rings (SSSR count). The Hall–Kier alpha value is -2.19. The molecule has 0 saturated heterocycles. The van der Waals surface area contributed by atoms with Crippen molar-refractivity contribution in [1.82, 2.24) is 20.1 Å². The van der Waals surface area contributed by atoms with Gasteiger partial charge in [0.2, 0.25) is 0 Å². The molecule has 0 unspecified atom stereocenters. The van der Waals surface area contributed by atoms with Gasteiger partial charge in [0.05, 0.1) is 18.2 Å². The fourth-order valence-electron chi connectivity index (χ4n) is 1.74. The van der Waals surface area contributed by atoms with Crippen LogP contribution in [0.4, 0.5) is 0 Å². The first-order valence-corrected chi connectivity index (χ1v) is 5.74. The Balaban J connectivity index is 1.95. The lowest BCUT2D eigenvalue weighted by Crippen LogP contribution is -2.16. The van der Waals surface area contributed by atoms with Crippen molar-refractivity contribution in [2.45, 2.75) is 20.0 Å². The number of aryl methyl sites for hydroxylation is 2. The lowest BCUT2D eigenvalue weighted by molar-refractivity contribution is 0.635. The number of benzene rings is 1. The van der Waals surface area contributed by atoms with E-state index in [-0.39, 0.29) is 0 Å². The van der Waals surface area contributed by atoms with E-state index < -0.39 is 0 Å². The van der Waals surface area contributed by atoms with Crippen molar-refractivity contribution in [3.05, 3.63) is 47.0 Å². The molecule has 0 bridgehead atoms. The molecule has 18 heavy (non-hydrogen) atoms. The molecule has 1 aromatic carbocycles. The Morgan fingerprint density at radius 3 is 2.83 bits per heavy atom. The van der Waals surface area contributed by atoms with Crippen molar-refractivity contribution in [3.63, 3.8) is 0 Å². The molecular weight excluding hydrogens is 226 g/mol. The third-order valence-electron chi connectivity index (χ3n) is 2.88. The lowest BCUT2D eigenvalue weighted by Gasteiger charge is -2.07. The van der Waals surface area contributed by atoms with E-state index in [9.17, 15) is 0 Å². The van der Waals surface area contributed by atoms with Crippen LogP contribution in [0.5, 0.6) is 0 Å². The monoisotopic (exact) mass is 241 g/mol. The fraction of sp³-hybridized carbons (Fsp3) is 0.308. The van der Waals surface area contributed by atoms with Crippen LogP contribution < -0.4 is 5.32 Å². The molecule has 0 fully saturated rings. The highest BCUT2D eigenvalue weighted by atomic mass is 15.3. The normalized spacial score (nSPS) is 10.3. The number of nitriles is 1. The van der Waals surface area contributed by atoms with E-state index in [1.807, 2.05) is 36.7 Å².